The molecule has 5 heteroatoms. The Hall–Kier alpha value is -2.04. The quantitative estimate of drug-likeness (QED) is 0.725. The number of anilines is 2. The van der Waals surface area contributed by atoms with Gasteiger partial charge in [0.15, 0.2) is 11.6 Å². The molecule has 2 heterocycles. The fourth-order valence-electron chi connectivity index (χ4n) is 1.58. The van der Waals surface area contributed by atoms with Crippen molar-refractivity contribution in [1.29, 1.82) is 0 Å². The lowest BCUT2D eigenvalue weighted by molar-refractivity contribution is 0.756. The molecule has 0 unspecified atom stereocenters. The topological polar surface area (TPSA) is 54.8 Å². The van der Waals surface area contributed by atoms with Crippen molar-refractivity contribution in [2.45, 2.75) is 0 Å². The van der Waals surface area contributed by atoms with Crippen molar-refractivity contribution in [2.24, 2.45) is 0 Å². The summed E-state index contributed by atoms with van der Waals surface area (Å²) >= 11 is 0. The zero-order valence-corrected chi connectivity index (χ0v) is 8.14. The molecule has 3 rings (SSSR count). The Kier molecular flexibility index (Phi) is 1.81. The smallest absolute Gasteiger partial charge is 0.193 e. The van der Waals surface area contributed by atoms with Gasteiger partial charge in [-0.05, 0) is 12.1 Å². The van der Waals surface area contributed by atoms with Gasteiger partial charge in [-0.3, -0.25) is 0 Å². The molecule has 2 N–H and O–H groups in total. The number of hydrogen-bond donors (Lipinski definition) is 2. The summed E-state index contributed by atoms with van der Waals surface area (Å²) in [4.78, 5) is 1.63. The van der Waals surface area contributed by atoms with Crippen LogP contribution in [-0.4, -0.2) is 28.1 Å². The molecule has 0 fully saturated rings. The van der Waals surface area contributed by atoms with E-state index in [1.165, 1.54) is 0 Å². The highest BCUT2D eigenvalue weighted by molar-refractivity contribution is 5.61. The van der Waals surface area contributed by atoms with Crippen LogP contribution in [0.3, 0.4) is 0 Å². The summed E-state index contributed by atoms with van der Waals surface area (Å²) in [5, 5.41) is 15.1. The van der Waals surface area contributed by atoms with Gasteiger partial charge in [-0.2, -0.15) is 0 Å². The molecule has 0 amide bonds. The van der Waals surface area contributed by atoms with E-state index >= 15 is 0 Å². The van der Waals surface area contributed by atoms with E-state index in [9.17, 15) is 0 Å². The summed E-state index contributed by atoms with van der Waals surface area (Å²) in [6, 6.07) is 9.87. The number of aromatic nitrogens is 3. The minimum absolute atomic E-state index is 0.824. The predicted molar refractivity (Wildman–Crippen MR) is 58.3 cm³/mol. The molecule has 5 nitrogen and oxygen atoms in total. The van der Waals surface area contributed by atoms with E-state index in [-0.39, 0.29) is 0 Å². The fourth-order valence-corrected chi connectivity index (χ4v) is 1.58. The largest absolute Gasteiger partial charge is 0.364 e. The van der Waals surface area contributed by atoms with Crippen LogP contribution in [0.15, 0.2) is 30.3 Å². The number of benzene rings is 1. The molecule has 1 aliphatic heterocycles. The average Bonchev–Trinajstić information content (AvgIpc) is 2.74. The fraction of sp³-hybridized carbons (Fsp3) is 0.200. The summed E-state index contributed by atoms with van der Waals surface area (Å²) in [6.45, 7) is 1.78. The Morgan fingerprint density at radius 3 is 2.13 bits per heavy atom. The molecule has 2 aromatic rings. The maximum Gasteiger partial charge on any atom is 0.193 e. The standard InChI is InChI=1S/C10H11N5/c1-2-4-8(5-3-1)15-13-9-10(14-15)12-7-6-11-9/h1-5H,6-7H2,(H,11,13)(H,12,14). The van der Waals surface area contributed by atoms with E-state index in [0.29, 0.717) is 0 Å². The second-order valence-electron chi connectivity index (χ2n) is 3.38. The highest BCUT2D eigenvalue weighted by Gasteiger charge is 2.14. The minimum atomic E-state index is 0.824. The van der Waals surface area contributed by atoms with Gasteiger partial charge in [-0.25, -0.2) is 0 Å². The number of fused-ring (bicyclic) bond motifs is 1. The summed E-state index contributed by atoms with van der Waals surface area (Å²) in [5.41, 5.74) is 0.968. The van der Waals surface area contributed by atoms with Crippen LogP contribution in [0.4, 0.5) is 11.6 Å². The maximum absolute atomic E-state index is 4.35. The molecule has 0 bridgehead atoms. The average molecular weight is 201 g/mol. The number of hydrogen-bond acceptors (Lipinski definition) is 4. The van der Waals surface area contributed by atoms with Gasteiger partial charge in [0.05, 0.1) is 5.69 Å². The molecule has 0 spiro atoms. The van der Waals surface area contributed by atoms with Gasteiger partial charge in [0, 0.05) is 13.1 Å². The van der Waals surface area contributed by atoms with Crippen molar-refractivity contribution in [3.63, 3.8) is 0 Å². The van der Waals surface area contributed by atoms with Crippen LogP contribution in [0.25, 0.3) is 5.69 Å². The van der Waals surface area contributed by atoms with Crippen LogP contribution in [0.1, 0.15) is 0 Å². The molecule has 76 valence electrons. The monoisotopic (exact) mass is 201 g/mol. The van der Waals surface area contributed by atoms with Gasteiger partial charge in [0.2, 0.25) is 0 Å². The van der Waals surface area contributed by atoms with Crippen LogP contribution in [0, 0.1) is 0 Å². The SMILES string of the molecule is c1ccc(-n2nc3c(n2)NCCN3)cc1. The van der Waals surface area contributed by atoms with Crippen LogP contribution >= 0.6 is 0 Å². The molecule has 0 radical (unpaired) electrons. The van der Waals surface area contributed by atoms with Crippen LogP contribution in [0.2, 0.25) is 0 Å². The molecule has 0 aliphatic carbocycles. The molecule has 0 saturated heterocycles. The third-order valence-electron chi connectivity index (χ3n) is 2.31. The van der Waals surface area contributed by atoms with E-state index in [0.717, 1.165) is 30.4 Å². The summed E-state index contributed by atoms with van der Waals surface area (Å²) in [7, 11) is 0. The number of rotatable bonds is 1. The second kappa shape index (κ2) is 3.27. The van der Waals surface area contributed by atoms with E-state index in [4.69, 9.17) is 0 Å². The van der Waals surface area contributed by atoms with E-state index in [1.54, 1.807) is 4.80 Å². The first-order chi connectivity index (χ1) is 7.43. The zero-order chi connectivity index (χ0) is 10.1. The molecule has 1 aromatic heterocycles. The van der Waals surface area contributed by atoms with Crippen molar-refractivity contribution in [3.05, 3.63) is 30.3 Å². The van der Waals surface area contributed by atoms with Crippen molar-refractivity contribution < 1.29 is 0 Å². The Morgan fingerprint density at radius 1 is 0.933 bits per heavy atom. The van der Waals surface area contributed by atoms with Gasteiger partial charge >= 0.3 is 0 Å². The first-order valence-electron chi connectivity index (χ1n) is 4.94. The lowest BCUT2D eigenvalue weighted by Gasteiger charge is -2.11. The third-order valence-corrected chi connectivity index (χ3v) is 2.31. The van der Waals surface area contributed by atoms with Crippen molar-refractivity contribution >= 4 is 11.6 Å². The Balaban J connectivity index is 2.03. The van der Waals surface area contributed by atoms with Crippen molar-refractivity contribution in [2.75, 3.05) is 23.7 Å². The lowest BCUT2D eigenvalue weighted by Crippen LogP contribution is -2.20. The number of nitrogens with one attached hydrogen (secondary N) is 2. The normalized spacial score (nSPS) is 13.9. The number of nitrogens with zero attached hydrogens (tertiary/aromatic N) is 3. The first kappa shape index (κ1) is 8.28. The molecule has 1 aliphatic rings. The predicted octanol–water partition coefficient (Wildman–Crippen LogP) is 1.10. The Bertz CT molecular complexity index is 438. The van der Waals surface area contributed by atoms with Gasteiger partial charge in [-0.1, -0.05) is 18.2 Å². The second-order valence-corrected chi connectivity index (χ2v) is 3.38. The van der Waals surface area contributed by atoms with Gasteiger partial charge in [0.1, 0.15) is 0 Å². The van der Waals surface area contributed by atoms with Crippen molar-refractivity contribution in [3.8, 4) is 5.69 Å². The minimum Gasteiger partial charge on any atom is -0.364 e. The maximum atomic E-state index is 4.35. The molecule has 0 saturated carbocycles. The summed E-state index contributed by atoms with van der Waals surface area (Å²) in [6.07, 6.45) is 0. The number of para-hydroxylation sites is 1. The Labute approximate surface area is 87.1 Å². The van der Waals surface area contributed by atoms with Crippen LogP contribution < -0.4 is 10.6 Å². The third kappa shape index (κ3) is 1.41. The van der Waals surface area contributed by atoms with Gasteiger partial charge < -0.3 is 10.6 Å². The highest BCUT2D eigenvalue weighted by atomic mass is 15.5. The molecule has 0 atom stereocenters. The zero-order valence-electron chi connectivity index (χ0n) is 8.14. The van der Waals surface area contributed by atoms with Crippen LogP contribution in [0.5, 0.6) is 0 Å². The van der Waals surface area contributed by atoms with Gasteiger partial charge in [-0.15, -0.1) is 15.0 Å². The molecular weight excluding hydrogens is 190 g/mol. The van der Waals surface area contributed by atoms with Crippen molar-refractivity contribution in [1.82, 2.24) is 15.0 Å². The van der Waals surface area contributed by atoms with E-state index in [2.05, 4.69) is 20.8 Å². The molecular formula is C10H11N5. The molecule has 15 heavy (non-hydrogen) atoms. The van der Waals surface area contributed by atoms with Crippen LogP contribution in [-0.2, 0) is 0 Å². The van der Waals surface area contributed by atoms with Gasteiger partial charge in [0.25, 0.3) is 0 Å². The Morgan fingerprint density at radius 2 is 1.53 bits per heavy atom. The first-order valence-corrected chi connectivity index (χ1v) is 4.94. The highest BCUT2D eigenvalue weighted by Crippen LogP contribution is 2.19. The van der Waals surface area contributed by atoms with E-state index < -0.39 is 0 Å². The lowest BCUT2D eigenvalue weighted by atomic mass is 10.3. The van der Waals surface area contributed by atoms with E-state index in [1.807, 2.05) is 30.3 Å². The summed E-state index contributed by atoms with van der Waals surface area (Å²) < 4.78 is 0. The summed E-state index contributed by atoms with van der Waals surface area (Å²) in [5.74, 6) is 1.65. The molecule has 1 aromatic carbocycles.